The number of hydrogen-bond donors (Lipinski definition) is 0. The highest BCUT2D eigenvalue weighted by molar-refractivity contribution is 4.95. The molecule has 6 bridgehead atoms. The van der Waals surface area contributed by atoms with E-state index in [4.69, 9.17) is 9.47 Å². The van der Waals surface area contributed by atoms with Crippen molar-refractivity contribution in [3.05, 3.63) is 0 Å². The van der Waals surface area contributed by atoms with Crippen molar-refractivity contribution in [2.45, 2.75) is 155 Å². The molecule has 0 N–H and O–H groups in total. The molecule has 0 amide bonds. The summed E-state index contributed by atoms with van der Waals surface area (Å²) in [5.74, 6) is 2.33. The fraction of sp³-hybridized carbons (Fsp3) is 1.00. The lowest BCUT2D eigenvalue weighted by Gasteiger charge is -2.51. The van der Waals surface area contributed by atoms with Crippen molar-refractivity contribution in [3.63, 3.8) is 0 Å². The van der Waals surface area contributed by atoms with E-state index < -0.39 is 0 Å². The van der Waals surface area contributed by atoms with Crippen molar-refractivity contribution in [1.82, 2.24) is 4.90 Å². The van der Waals surface area contributed by atoms with Crippen LogP contribution in [0.5, 0.6) is 0 Å². The molecule has 0 aromatic rings. The lowest BCUT2D eigenvalue weighted by Crippen LogP contribution is -2.50. The Hall–Kier alpha value is -0.120. The van der Waals surface area contributed by atoms with Crippen LogP contribution in [0.15, 0.2) is 0 Å². The van der Waals surface area contributed by atoms with E-state index in [0.29, 0.717) is 29.6 Å². The van der Waals surface area contributed by atoms with Crippen LogP contribution in [0, 0.1) is 23.2 Å². The van der Waals surface area contributed by atoms with E-state index in [-0.39, 0.29) is 5.60 Å². The first-order valence-corrected chi connectivity index (χ1v) is 15.3. The zero-order valence-corrected chi connectivity index (χ0v) is 23.7. The summed E-state index contributed by atoms with van der Waals surface area (Å²) < 4.78 is 12.2. The zero-order chi connectivity index (χ0) is 24.4. The summed E-state index contributed by atoms with van der Waals surface area (Å²) in [4.78, 5) is 2.62. The van der Waals surface area contributed by atoms with Gasteiger partial charge in [0.2, 0.25) is 0 Å². The SMILES string of the molecule is CC(C)C12CCCC(CC1)O2.CC(C)C12CCCC(CCC1)O2.CC(C)C12CCN(CC1)CC2. The van der Waals surface area contributed by atoms with Crippen molar-refractivity contribution in [1.29, 1.82) is 0 Å². The number of nitrogens with zero attached hydrogens (tertiary/aromatic N) is 1. The van der Waals surface area contributed by atoms with Gasteiger partial charge in [0.1, 0.15) is 0 Å². The molecule has 7 aliphatic heterocycles. The van der Waals surface area contributed by atoms with Crippen LogP contribution in [0.2, 0.25) is 0 Å². The van der Waals surface area contributed by atoms with E-state index >= 15 is 0 Å². The van der Waals surface area contributed by atoms with Crippen molar-refractivity contribution in [3.8, 4) is 0 Å². The highest BCUT2D eigenvalue weighted by atomic mass is 16.5. The van der Waals surface area contributed by atoms with Gasteiger partial charge < -0.3 is 14.4 Å². The van der Waals surface area contributed by atoms with Gasteiger partial charge in [-0.25, -0.2) is 0 Å². The van der Waals surface area contributed by atoms with Crippen LogP contribution < -0.4 is 0 Å². The summed E-state index contributed by atoms with van der Waals surface area (Å²) in [7, 11) is 0. The first-order chi connectivity index (χ1) is 16.2. The first kappa shape index (κ1) is 26.9. The molecule has 0 aromatic carbocycles. The average Bonchev–Trinajstić information content (AvgIpc) is 3.15. The molecule has 0 spiro atoms. The number of ether oxygens (including phenoxy) is 2. The van der Waals surface area contributed by atoms with Gasteiger partial charge >= 0.3 is 0 Å². The predicted molar refractivity (Wildman–Crippen MR) is 143 cm³/mol. The van der Waals surface area contributed by atoms with Gasteiger partial charge in [0, 0.05) is 0 Å². The van der Waals surface area contributed by atoms with Crippen molar-refractivity contribution < 1.29 is 9.47 Å². The van der Waals surface area contributed by atoms with Gasteiger partial charge in [0.15, 0.2) is 0 Å². The average molecular weight is 476 g/mol. The minimum Gasteiger partial charge on any atom is -0.372 e. The maximum absolute atomic E-state index is 6.17. The van der Waals surface area contributed by atoms with E-state index in [1.165, 1.54) is 110 Å². The third-order valence-corrected chi connectivity index (χ3v) is 11.2. The highest BCUT2D eigenvalue weighted by Gasteiger charge is 2.45. The van der Waals surface area contributed by atoms with Crippen LogP contribution in [-0.4, -0.2) is 47.9 Å². The van der Waals surface area contributed by atoms with E-state index in [1.54, 1.807) is 0 Å². The van der Waals surface area contributed by atoms with Crippen LogP contribution >= 0.6 is 0 Å². The largest absolute Gasteiger partial charge is 0.372 e. The quantitative estimate of drug-likeness (QED) is 0.412. The second-order valence-corrected chi connectivity index (χ2v) is 13.7. The molecule has 2 atom stereocenters. The molecule has 0 saturated carbocycles. The number of piperidine rings is 3. The molecule has 7 rings (SSSR count). The molecule has 3 heteroatoms. The molecule has 7 fully saturated rings. The predicted octanol–water partition coefficient (Wildman–Crippen LogP) is 8.01. The normalized spacial score (nSPS) is 42.8. The lowest BCUT2D eigenvalue weighted by atomic mass is 9.65. The summed E-state index contributed by atoms with van der Waals surface area (Å²) >= 11 is 0. The third-order valence-electron chi connectivity index (χ3n) is 11.2. The van der Waals surface area contributed by atoms with E-state index in [0.717, 1.165) is 11.3 Å². The van der Waals surface area contributed by atoms with Crippen LogP contribution in [0.3, 0.4) is 0 Å². The summed E-state index contributed by atoms with van der Waals surface area (Å²) in [6.07, 6.45) is 20.3. The number of hydrogen-bond acceptors (Lipinski definition) is 3. The van der Waals surface area contributed by atoms with Crippen molar-refractivity contribution >= 4 is 0 Å². The van der Waals surface area contributed by atoms with E-state index in [9.17, 15) is 0 Å². The third kappa shape index (κ3) is 5.72. The van der Waals surface area contributed by atoms with Gasteiger partial charge in [-0.1, -0.05) is 41.5 Å². The molecule has 198 valence electrons. The standard InChI is InChI=1S/C11H20O.C10H19N.C10H18O/c1-9(2)11-7-3-5-10(12-11)6-4-8-11;1-9(2)10-3-6-11(7-4-10)8-5-10;1-8(2)10-6-3-4-9(11-10)5-7-10/h9-10H,3-8H2,1-2H3;9H,3-8H2,1-2H3;8-9H,3-7H2,1-2H3. The molecular formula is C31H57NO2. The zero-order valence-electron chi connectivity index (χ0n) is 23.7. The van der Waals surface area contributed by atoms with Gasteiger partial charge in [-0.3, -0.25) is 0 Å². The maximum atomic E-state index is 6.17. The highest BCUT2D eigenvalue weighted by Crippen LogP contribution is 2.47. The molecule has 34 heavy (non-hydrogen) atoms. The Kier molecular flexibility index (Phi) is 8.79. The van der Waals surface area contributed by atoms with Crippen molar-refractivity contribution in [2.24, 2.45) is 23.2 Å². The summed E-state index contributed by atoms with van der Waals surface area (Å²) in [5.41, 5.74) is 1.32. The Bertz CT molecular complexity index is 590. The molecule has 0 aliphatic carbocycles. The van der Waals surface area contributed by atoms with Crippen LogP contribution in [0.25, 0.3) is 0 Å². The maximum Gasteiger partial charge on any atom is 0.0710 e. The Labute approximate surface area is 212 Å². The van der Waals surface area contributed by atoms with Gasteiger partial charge in [-0.15, -0.1) is 0 Å². The molecule has 0 aromatic heterocycles. The Balaban J connectivity index is 0.000000121. The molecule has 7 saturated heterocycles. The van der Waals surface area contributed by atoms with E-state index in [2.05, 4.69) is 46.4 Å². The van der Waals surface area contributed by atoms with Crippen LogP contribution in [0.1, 0.15) is 131 Å². The fourth-order valence-corrected chi connectivity index (χ4v) is 8.11. The van der Waals surface area contributed by atoms with Gasteiger partial charge in [0.25, 0.3) is 0 Å². The fourth-order valence-electron chi connectivity index (χ4n) is 8.11. The van der Waals surface area contributed by atoms with Gasteiger partial charge in [-0.2, -0.15) is 0 Å². The first-order valence-electron chi connectivity index (χ1n) is 15.3. The Morgan fingerprint density at radius 1 is 0.529 bits per heavy atom. The topological polar surface area (TPSA) is 21.7 Å². The minimum atomic E-state index is 0.279. The second-order valence-electron chi connectivity index (χ2n) is 13.7. The number of rotatable bonds is 3. The minimum absolute atomic E-state index is 0.279. The summed E-state index contributed by atoms with van der Waals surface area (Å²) in [6.45, 7) is 18.2. The molecule has 7 heterocycles. The van der Waals surface area contributed by atoms with Gasteiger partial charge in [0.05, 0.1) is 23.4 Å². The smallest absolute Gasteiger partial charge is 0.0710 e. The summed E-state index contributed by atoms with van der Waals surface area (Å²) in [6, 6.07) is 0. The second kappa shape index (κ2) is 11.1. The monoisotopic (exact) mass is 475 g/mol. The van der Waals surface area contributed by atoms with Crippen molar-refractivity contribution in [2.75, 3.05) is 19.6 Å². The Morgan fingerprint density at radius 2 is 0.941 bits per heavy atom. The lowest BCUT2D eigenvalue weighted by molar-refractivity contribution is -0.181. The van der Waals surface area contributed by atoms with Gasteiger partial charge in [-0.05, 0) is 133 Å². The molecule has 3 nitrogen and oxygen atoms in total. The van der Waals surface area contributed by atoms with E-state index in [1.807, 2.05) is 0 Å². The summed E-state index contributed by atoms with van der Waals surface area (Å²) in [5, 5.41) is 0. The Morgan fingerprint density at radius 3 is 1.29 bits per heavy atom. The van der Waals surface area contributed by atoms with Crippen LogP contribution in [-0.2, 0) is 9.47 Å². The number of fused-ring (bicyclic) bond motifs is 7. The molecule has 2 unspecified atom stereocenters. The molecular weight excluding hydrogens is 418 g/mol. The van der Waals surface area contributed by atoms with Crippen LogP contribution in [0.4, 0.5) is 0 Å². The molecule has 0 radical (unpaired) electrons. The molecule has 7 aliphatic rings.